The molecule has 0 aliphatic carbocycles. The first kappa shape index (κ1) is 21.3. The second-order valence-corrected chi connectivity index (χ2v) is 9.19. The number of nitrogens with zero attached hydrogens (tertiary/aromatic N) is 2. The van der Waals surface area contributed by atoms with Crippen molar-refractivity contribution in [2.45, 2.75) is 12.5 Å². The number of ether oxygens (including phenoxy) is 3. The van der Waals surface area contributed by atoms with E-state index in [0.717, 1.165) is 28.1 Å². The van der Waals surface area contributed by atoms with Gasteiger partial charge in [0.1, 0.15) is 19.0 Å². The van der Waals surface area contributed by atoms with Crippen molar-refractivity contribution in [1.29, 1.82) is 0 Å². The summed E-state index contributed by atoms with van der Waals surface area (Å²) in [6.45, 7) is 1.57. The largest absolute Gasteiger partial charge is 0.497 e. The van der Waals surface area contributed by atoms with Crippen LogP contribution in [0.15, 0.2) is 42.5 Å². The van der Waals surface area contributed by atoms with Gasteiger partial charge in [0.15, 0.2) is 11.5 Å². The molecule has 4 rings (SSSR count). The number of hydrogen-bond donors (Lipinski definition) is 1. The van der Waals surface area contributed by atoms with E-state index >= 15 is 0 Å². The third-order valence-electron chi connectivity index (χ3n) is 5.24. The van der Waals surface area contributed by atoms with Crippen molar-refractivity contribution in [3.8, 4) is 17.2 Å². The van der Waals surface area contributed by atoms with Gasteiger partial charge >= 0.3 is 6.03 Å². The van der Waals surface area contributed by atoms with E-state index in [-0.39, 0.29) is 18.6 Å². The monoisotopic (exact) mass is 447 g/mol. The number of methoxy groups -OCH3 is 1. The fourth-order valence-electron chi connectivity index (χ4n) is 3.76. The number of sulfonamides is 1. The number of benzene rings is 2. The lowest BCUT2D eigenvalue weighted by molar-refractivity contribution is 0.170. The van der Waals surface area contributed by atoms with Crippen molar-refractivity contribution in [2.75, 3.05) is 39.7 Å². The number of nitrogens with one attached hydrogen (secondary N) is 1. The van der Waals surface area contributed by atoms with Gasteiger partial charge in [0, 0.05) is 6.54 Å². The van der Waals surface area contributed by atoms with E-state index in [1.165, 1.54) is 0 Å². The van der Waals surface area contributed by atoms with E-state index in [1.807, 2.05) is 42.5 Å². The summed E-state index contributed by atoms with van der Waals surface area (Å²) in [6.07, 6.45) is 1.64. The Bertz CT molecular complexity index is 1060. The van der Waals surface area contributed by atoms with Crippen LogP contribution in [0.3, 0.4) is 0 Å². The Kier molecular flexibility index (Phi) is 5.92. The van der Waals surface area contributed by atoms with E-state index in [0.29, 0.717) is 37.7 Å². The Morgan fingerprint density at radius 3 is 2.48 bits per heavy atom. The molecule has 9 nitrogen and oxygen atoms in total. The molecule has 1 N–H and O–H groups in total. The van der Waals surface area contributed by atoms with Crippen LogP contribution in [0.5, 0.6) is 17.2 Å². The van der Waals surface area contributed by atoms with Crippen LogP contribution in [0.25, 0.3) is 0 Å². The van der Waals surface area contributed by atoms with Crippen molar-refractivity contribution in [1.82, 2.24) is 14.7 Å². The maximum atomic E-state index is 13.0. The summed E-state index contributed by atoms with van der Waals surface area (Å²) in [6, 6.07) is 12.5. The van der Waals surface area contributed by atoms with Crippen LogP contribution in [0.2, 0.25) is 0 Å². The molecule has 2 aromatic rings. The third kappa shape index (κ3) is 4.86. The summed E-state index contributed by atoms with van der Waals surface area (Å²) in [5, 5.41) is 1.14. The zero-order valence-electron chi connectivity index (χ0n) is 17.4. The SMILES string of the molecule is COc1ccc(CCN2C(=O)N(NS(C)(=O)=O)CC2c2ccc3c(c2)OCCO3)cc1. The highest BCUT2D eigenvalue weighted by Gasteiger charge is 2.39. The van der Waals surface area contributed by atoms with Gasteiger partial charge in [0.25, 0.3) is 0 Å². The van der Waals surface area contributed by atoms with Gasteiger partial charge in [-0.2, -0.15) is 0 Å². The highest BCUT2D eigenvalue weighted by molar-refractivity contribution is 7.88. The average Bonchev–Trinajstić information content (AvgIpc) is 3.06. The molecular formula is C21H25N3O6S. The molecule has 2 amide bonds. The Morgan fingerprint density at radius 2 is 1.81 bits per heavy atom. The second kappa shape index (κ2) is 8.64. The predicted molar refractivity (Wildman–Crippen MR) is 114 cm³/mol. The first-order chi connectivity index (χ1) is 14.8. The van der Waals surface area contributed by atoms with Gasteiger partial charge in [-0.3, -0.25) is 0 Å². The highest BCUT2D eigenvalue weighted by atomic mass is 32.2. The normalized spacial score (nSPS) is 18.4. The van der Waals surface area contributed by atoms with E-state index in [9.17, 15) is 13.2 Å². The van der Waals surface area contributed by atoms with Gasteiger partial charge < -0.3 is 19.1 Å². The molecule has 2 aromatic carbocycles. The van der Waals surface area contributed by atoms with Crippen molar-refractivity contribution < 1.29 is 27.4 Å². The summed E-state index contributed by atoms with van der Waals surface area (Å²) in [4.78, 5) is 17.0. The lowest BCUT2D eigenvalue weighted by Crippen LogP contribution is -2.44. The summed E-state index contributed by atoms with van der Waals surface area (Å²) < 4.78 is 39.9. The average molecular weight is 448 g/mol. The van der Waals surface area contributed by atoms with Crippen LogP contribution in [0.4, 0.5) is 4.79 Å². The molecule has 2 aliphatic heterocycles. The molecule has 2 heterocycles. The van der Waals surface area contributed by atoms with Gasteiger partial charge in [0.05, 0.1) is 26.0 Å². The summed E-state index contributed by atoms with van der Waals surface area (Å²) in [7, 11) is -1.98. The van der Waals surface area contributed by atoms with E-state index in [1.54, 1.807) is 12.0 Å². The van der Waals surface area contributed by atoms with E-state index in [4.69, 9.17) is 14.2 Å². The lowest BCUT2D eigenvalue weighted by Gasteiger charge is -2.25. The fraction of sp³-hybridized carbons (Fsp3) is 0.381. The Morgan fingerprint density at radius 1 is 1.10 bits per heavy atom. The first-order valence-electron chi connectivity index (χ1n) is 9.92. The van der Waals surface area contributed by atoms with Crippen LogP contribution in [-0.2, 0) is 16.4 Å². The number of hydrazine groups is 1. The van der Waals surface area contributed by atoms with Gasteiger partial charge in [-0.25, -0.2) is 18.2 Å². The molecule has 1 unspecified atom stereocenters. The van der Waals surface area contributed by atoms with E-state index < -0.39 is 10.0 Å². The quantitative estimate of drug-likeness (QED) is 0.697. The van der Waals surface area contributed by atoms with Gasteiger partial charge in [-0.1, -0.05) is 18.2 Å². The molecule has 0 saturated carbocycles. The maximum absolute atomic E-state index is 13.0. The minimum Gasteiger partial charge on any atom is -0.497 e. The zero-order chi connectivity index (χ0) is 22.0. The topological polar surface area (TPSA) is 97.4 Å². The Balaban J connectivity index is 1.57. The van der Waals surface area contributed by atoms with Crippen molar-refractivity contribution in [2.24, 2.45) is 0 Å². The number of carbonyl (C=O) groups is 1. The molecule has 10 heteroatoms. The van der Waals surface area contributed by atoms with Gasteiger partial charge in [-0.05, 0) is 41.8 Å². The minimum atomic E-state index is -3.59. The van der Waals surface area contributed by atoms with Gasteiger partial charge in [-0.15, -0.1) is 4.83 Å². The van der Waals surface area contributed by atoms with Crippen molar-refractivity contribution >= 4 is 16.1 Å². The molecule has 0 aromatic heterocycles. The Hall–Kier alpha value is -2.98. The van der Waals surface area contributed by atoms with Crippen LogP contribution in [-0.4, -0.2) is 64.0 Å². The van der Waals surface area contributed by atoms with Gasteiger partial charge in [0.2, 0.25) is 10.0 Å². The first-order valence-corrected chi connectivity index (χ1v) is 11.8. The number of urea groups is 1. The van der Waals surface area contributed by atoms with Crippen molar-refractivity contribution in [3.05, 3.63) is 53.6 Å². The molecule has 2 aliphatic rings. The van der Waals surface area contributed by atoms with Crippen LogP contribution in [0, 0.1) is 0 Å². The standard InChI is InChI=1S/C21H25N3O6S/c1-28-17-6-3-15(4-7-17)9-10-23-18(14-24(21(23)25)22-31(2,26)27)16-5-8-19-20(13-16)30-12-11-29-19/h3-8,13,18,22H,9-12,14H2,1-2H3. The smallest absolute Gasteiger partial charge is 0.335 e. The molecule has 1 atom stereocenters. The molecule has 31 heavy (non-hydrogen) atoms. The summed E-state index contributed by atoms with van der Waals surface area (Å²) >= 11 is 0. The predicted octanol–water partition coefficient (Wildman–Crippen LogP) is 1.95. The minimum absolute atomic E-state index is 0.189. The molecule has 0 spiro atoms. The lowest BCUT2D eigenvalue weighted by atomic mass is 10.0. The second-order valence-electron chi connectivity index (χ2n) is 7.47. The van der Waals surface area contributed by atoms with Crippen LogP contribution in [0.1, 0.15) is 17.2 Å². The molecule has 0 radical (unpaired) electrons. The third-order valence-corrected chi connectivity index (χ3v) is 5.79. The molecule has 0 bridgehead atoms. The molecule has 1 fully saturated rings. The molecule has 166 valence electrons. The van der Waals surface area contributed by atoms with Crippen molar-refractivity contribution in [3.63, 3.8) is 0 Å². The van der Waals surface area contributed by atoms with E-state index in [2.05, 4.69) is 4.83 Å². The Labute approximate surface area is 181 Å². The number of fused-ring (bicyclic) bond motifs is 1. The summed E-state index contributed by atoms with van der Waals surface area (Å²) in [5.74, 6) is 2.05. The highest BCUT2D eigenvalue weighted by Crippen LogP contribution is 2.36. The fourth-order valence-corrected chi connectivity index (χ4v) is 4.31. The zero-order valence-corrected chi connectivity index (χ0v) is 18.2. The maximum Gasteiger partial charge on any atom is 0.335 e. The number of amides is 2. The number of rotatable bonds is 7. The van der Waals surface area contributed by atoms with Crippen LogP contribution >= 0.6 is 0 Å². The molecule has 1 saturated heterocycles. The number of hydrogen-bond acceptors (Lipinski definition) is 6. The summed E-state index contributed by atoms with van der Waals surface area (Å²) in [5.41, 5.74) is 1.90. The number of carbonyl (C=O) groups excluding carboxylic acids is 1. The van der Waals surface area contributed by atoms with Crippen LogP contribution < -0.4 is 19.0 Å². The molecular weight excluding hydrogens is 422 g/mol.